The number of rotatable bonds is 4. The molecule has 0 spiro atoms. The highest BCUT2D eigenvalue weighted by molar-refractivity contribution is 6.34. The van der Waals surface area contributed by atoms with Gasteiger partial charge >= 0.3 is 5.97 Å². The molecule has 0 radical (unpaired) electrons. The zero-order chi connectivity index (χ0) is 15.5. The first kappa shape index (κ1) is 16.0. The molecule has 116 valence electrons. The van der Waals surface area contributed by atoms with E-state index >= 15 is 0 Å². The summed E-state index contributed by atoms with van der Waals surface area (Å²) in [6.45, 7) is 4.27. The number of anilines is 2. The van der Waals surface area contributed by atoms with Crippen molar-refractivity contribution in [2.75, 3.05) is 17.7 Å². The summed E-state index contributed by atoms with van der Waals surface area (Å²) in [6.07, 6.45) is 5.76. The number of nitrogens with one attached hydrogen (secondary N) is 1. The third kappa shape index (κ3) is 3.82. The molecule has 3 N–H and O–H groups in total. The van der Waals surface area contributed by atoms with E-state index in [2.05, 4.69) is 12.2 Å². The molecule has 0 saturated heterocycles. The Bertz CT molecular complexity index is 525. The van der Waals surface area contributed by atoms with Crippen LogP contribution in [0.25, 0.3) is 0 Å². The Balaban J connectivity index is 2.34. The molecule has 0 amide bonds. The maximum absolute atomic E-state index is 12.1. The van der Waals surface area contributed by atoms with E-state index in [4.69, 9.17) is 22.1 Å². The zero-order valence-electron chi connectivity index (χ0n) is 12.7. The Morgan fingerprint density at radius 1 is 1.38 bits per heavy atom. The van der Waals surface area contributed by atoms with Gasteiger partial charge in [0, 0.05) is 11.2 Å². The predicted molar refractivity (Wildman–Crippen MR) is 86.9 cm³/mol. The van der Waals surface area contributed by atoms with Crippen LogP contribution in [0.4, 0.5) is 11.4 Å². The van der Waals surface area contributed by atoms with Crippen LogP contribution in [0.1, 0.15) is 56.3 Å². The van der Waals surface area contributed by atoms with E-state index in [0.29, 0.717) is 28.6 Å². The van der Waals surface area contributed by atoms with Crippen LogP contribution in [0.2, 0.25) is 5.02 Å². The zero-order valence-corrected chi connectivity index (χ0v) is 13.4. The molecular weight excluding hydrogens is 288 g/mol. The van der Waals surface area contributed by atoms with Crippen molar-refractivity contribution in [1.82, 2.24) is 0 Å². The molecule has 0 bridgehead atoms. The van der Waals surface area contributed by atoms with Gasteiger partial charge in [0.1, 0.15) is 0 Å². The molecule has 0 aliphatic heterocycles. The molecule has 21 heavy (non-hydrogen) atoms. The summed E-state index contributed by atoms with van der Waals surface area (Å²) in [5.41, 5.74) is 7.27. The quantitative estimate of drug-likeness (QED) is 0.645. The fourth-order valence-electron chi connectivity index (χ4n) is 2.88. The number of carbonyl (C=O) groups is 1. The Kier molecular flexibility index (Phi) is 4.99. The lowest BCUT2D eigenvalue weighted by molar-refractivity contribution is 0.0527. The molecule has 1 aliphatic carbocycles. The second kappa shape index (κ2) is 6.56. The smallest absolute Gasteiger partial charge is 0.340 e. The molecule has 1 aliphatic rings. The molecule has 0 atom stereocenters. The third-order valence-corrected chi connectivity index (χ3v) is 4.29. The van der Waals surface area contributed by atoms with Crippen molar-refractivity contribution in [3.8, 4) is 0 Å². The molecule has 1 saturated carbocycles. The molecule has 2 rings (SSSR count). The minimum Gasteiger partial charge on any atom is -0.462 e. The van der Waals surface area contributed by atoms with E-state index in [9.17, 15) is 4.79 Å². The maximum Gasteiger partial charge on any atom is 0.340 e. The summed E-state index contributed by atoms with van der Waals surface area (Å²) < 4.78 is 5.11. The van der Waals surface area contributed by atoms with Crippen molar-refractivity contribution in [3.63, 3.8) is 0 Å². The summed E-state index contributed by atoms with van der Waals surface area (Å²) >= 11 is 6.31. The lowest BCUT2D eigenvalue weighted by atomic mass is 9.83. The molecule has 1 aromatic rings. The summed E-state index contributed by atoms with van der Waals surface area (Å²) in [5.74, 6) is -0.395. The molecule has 5 heteroatoms. The van der Waals surface area contributed by atoms with Gasteiger partial charge in [-0.05, 0) is 38.8 Å². The Morgan fingerprint density at radius 3 is 2.67 bits per heavy atom. The van der Waals surface area contributed by atoms with E-state index in [1.807, 2.05) is 0 Å². The predicted octanol–water partition coefficient (Wildman–Crippen LogP) is 4.23. The average Bonchev–Trinajstić information content (AvgIpc) is 2.42. The number of hydrogen-bond acceptors (Lipinski definition) is 4. The number of halogens is 1. The van der Waals surface area contributed by atoms with Crippen LogP contribution < -0.4 is 11.1 Å². The van der Waals surface area contributed by atoms with Gasteiger partial charge in [-0.15, -0.1) is 0 Å². The molecule has 1 fully saturated rings. The molecule has 0 heterocycles. The van der Waals surface area contributed by atoms with Crippen molar-refractivity contribution in [1.29, 1.82) is 0 Å². The molecule has 0 aromatic heterocycles. The van der Waals surface area contributed by atoms with Crippen LogP contribution in [-0.4, -0.2) is 18.1 Å². The first-order chi connectivity index (χ1) is 9.95. The first-order valence-corrected chi connectivity index (χ1v) is 7.87. The molecule has 0 unspecified atom stereocenters. The van der Waals surface area contributed by atoms with Crippen LogP contribution in [0, 0.1) is 0 Å². The number of hydrogen-bond donors (Lipinski definition) is 2. The SMILES string of the molecule is CCOC(=O)c1cc(N)cc(Cl)c1NC1(C)CCCCC1. The molecular formula is C16H23ClN2O2. The Hall–Kier alpha value is -1.42. The summed E-state index contributed by atoms with van der Waals surface area (Å²) in [6, 6.07) is 3.29. The minimum absolute atomic E-state index is 0.0424. The van der Waals surface area contributed by atoms with Crippen LogP contribution in [-0.2, 0) is 4.74 Å². The standard InChI is InChI=1S/C16H23ClN2O2/c1-3-21-15(20)12-9-11(18)10-13(17)14(12)19-16(2)7-5-4-6-8-16/h9-10,19H,3-8,18H2,1-2H3. The van der Waals surface area contributed by atoms with Crippen molar-refractivity contribution < 1.29 is 9.53 Å². The van der Waals surface area contributed by atoms with Crippen molar-refractivity contribution in [3.05, 3.63) is 22.7 Å². The van der Waals surface area contributed by atoms with Crippen LogP contribution in [0.3, 0.4) is 0 Å². The van der Waals surface area contributed by atoms with Gasteiger partial charge in [0.15, 0.2) is 0 Å². The van der Waals surface area contributed by atoms with Crippen LogP contribution in [0.5, 0.6) is 0 Å². The van der Waals surface area contributed by atoms with Gasteiger partial charge in [-0.25, -0.2) is 4.79 Å². The van der Waals surface area contributed by atoms with E-state index in [-0.39, 0.29) is 5.54 Å². The van der Waals surface area contributed by atoms with Gasteiger partial charge in [-0.2, -0.15) is 0 Å². The Labute approximate surface area is 131 Å². The van der Waals surface area contributed by atoms with Gasteiger partial charge in [0.05, 0.1) is 22.9 Å². The van der Waals surface area contributed by atoms with Gasteiger partial charge in [-0.1, -0.05) is 30.9 Å². The van der Waals surface area contributed by atoms with E-state index in [1.165, 1.54) is 19.3 Å². The normalized spacial score (nSPS) is 17.3. The second-order valence-electron chi connectivity index (χ2n) is 5.89. The van der Waals surface area contributed by atoms with Gasteiger partial charge in [0.25, 0.3) is 0 Å². The fraction of sp³-hybridized carbons (Fsp3) is 0.562. The number of esters is 1. The topological polar surface area (TPSA) is 64.3 Å². The number of nitrogens with two attached hydrogens (primary N) is 1. The highest BCUT2D eigenvalue weighted by atomic mass is 35.5. The second-order valence-corrected chi connectivity index (χ2v) is 6.30. The number of carbonyl (C=O) groups excluding carboxylic acids is 1. The van der Waals surface area contributed by atoms with E-state index < -0.39 is 5.97 Å². The molecule has 4 nitrogen and oxygen atoms in total. The number of ether oxygens (including phenoxy) is 1. The van der Waals surface area contributed by atoms with Gasteiger partial charge in [-0.3, -0.25) is 0 Å². The lowest BCUT2D eigenvalue weighted by Gasteiger charge is -2.36. The monoisotopic (exact) mass is 310 g/mol. The lowest BCUT2D eigenvalue weighted by Crippen LogP contribution is -2.37. The summed E-state index contributed by atoms with van der Waals surface area (Å²) in [4.78, 5) is 12.1. The third-order valence-electron chi connectivity index (χ3n) is 3.99. The highest BCUT2D eigenvalue weighted by Gasteiger charge is 2.29. The van der Waals surface area contributed by atoms with E-state index in [0.717, 1.165) is 12.8 Å². The maximum atomic E-state index is 12.1. The molecule has 1 aromatic carbocycles. The average molecular weight is 311 g/mol. The van der Waals surface area contributed by atoms with Gasteiger partial charge in [0.2, 0.25) is 0 Å². The Morgan fingerprint density at radius 2 is 2.05 bits per heavy atom. The van der Waals surface area contributed by atoms with Crippen molar-refractivity contribution >= 4 is 28.9 Å². The van der Waals surface area contributed by atoms with Crippen LogP contribution >= 0.6 is 11.6 Å². The van der Waals surface area contributed by atoms with Crippen molar-refractivity contribution in [2.45, 2.75) is 51.5 Å². The van der Waals surface area contributed by atoms with E-state index in [1.54, 1.807) is 19.1 Å². The summed E-state index contributed by atoms with van der Waals surface area (Å²) in [7, 11) is 0. The minimum atomic E-state index is -0.395. The largest absolute Gasteiger partial charge is 0.462 e. The van der Waals surface area contributed by atoms with Crippen LogP contribution in [0.15, 0.2) is 12.1 Å². The van der Waals surface area contributed by atoms with Crippen molar-refractivity contribution in [2.24, 2.45) is 0 Å². The number of benzene rings is 1. The number of nitrogen functional groups attached to an aromatic ring is 1. The highest BCUT2D eigenvalue weighted by Crippen LogP contribution is 2.37. The van der Waals surface area contributed by atoms with Gasteiger partial charge < -0.3 is 15.8 Å². The fourth-order valence-corrected chi connectivity index (χ4v) is 3.16. The summed E-state index contributed by atoms with van der Waals surface area (Å²) in [5, 5.41) is 3.94. The first-order valence-electron chi connectivity index (χ1n) is 7.49.